The first-order valence-corrected chi connectivity index (χ1v) is 4.61. The van der Waals surface area contributed by atoms with Crippen molar-refractivity contribution in [2.45, 2.75) is 12.8 Å². The Labute approximate surface area is 96.0 Å². The Balaban J connectivity index is 3.35. The standard InChI is InChI=1S/C10H11F2NO4/c1-16-8-5(3-6(14)15)4-13-10(17-2)7(8)9(11)12/h4,9H,3H2,1-2H3,(H,14,15). The zero-order valence-electron chi connectivity index (χ0n) is 9.24. The molecule has 0 bridgehead atoms. The van der Waals surface area contributed by atoms with Crippen molar-refractivity contribution in [3.63, 3.8) is 0 Å². The second-order valence-electron chi connectivity index (χ2n) is 3.11. The number of pyridine rings is 1. The number of alkyl halides is 2. The molecule has 7 heteroatoms. The number of hydrogen-bond donors (Lipinski definition) is 1. The summed E-state index contributed by atoms with van der Waals surface area (Å²) in [5, 5.41) is 8.64. The topological polar surface area (TPSA) is 68.7 Å². The van der Waals surface area contributed by atoms with Crippen LogP contribution in [0.15, 0.2) is 6.20 Å². The van der Waals surface area contributed by atoms with Crippen LogP contribution in [-0.4, -0.2) is 30.3 Å². The van der Waals surface area contributed by atoms with Gasteiger partial charge in [0.2, 0.25) is 5.88 Å². The summed E-state index contributed by atoms with van der Waals surface area (Å²) in [5.74, 6) is -1.63. The number of methoxy groups -OCH3 is 2. The maximum atomic E-state index is 12.8. The number of carboxylic acids is 1. The van der Waals surface area contributed by atoms with Gasteiger partial charge in [0.05, 0.1) is 20.6 Å². The third-order valence-corrected chi connectivity index (χ3v) is 2.06. The second kappa shape index (κ2) is 5.42. The molecule has 17 heavy (non-hydrogen) atoms. The molecule has 0 saturated heterocycles. The monoisotopic (exact) mass is 247 g/mol. The van der Waals surface area contributed by atoms with E-state index in [2.05, 4.69) is 4.98 Å². The van der Waals surface area contributed by atoms with Crippen LogP contribution in [0.4, 0.5) is 8.78 Å². The van der Waals surface area contributed by atoms with Crippen LogP contribution in [0.1, 0.15) is 17.6 Å². The molecule has 0 aliphatic carbocycles. The highest BCUT2D eigenvalue weighted by atomic mass is 19.3. The second-order valence-corrected chi connectivity index (χ2v) is 3.11. The van der Waals surface area contributed by atoms with Gasteiger partial charge in [0, 0.05) is 11.8 Å². The van der Waals surface area contributed by atoms with E-state index in [0.29, 0.717) is 0 Å². The van der Waals surface area contributed by atoms with E-state index in [0.717, 1.165) is 6.20 Å². The molecule has 1 aromatic rings. The van der Waals surface area contributed by atoms with E-state index in [1.165, 1.54) is 14.2 Å². The Morgan fingerprint density at radius 3 is 2.53 bits per heavy atom. The molecule has 1 heterocycles. The third-order valence-electron chi connectivity index (χ3n) is 2.06. The number of carbonyl (C=O) groups is 1. The van der Waals surface area contributed by atoms with Crippen LogP contribution in [0.5, 0.6) is 11.6 Å². The van der Waals surface area contributed by atoms with Gasteiger partial charge >= 0.3 is 5.97 Å². The first-order chi connectivity index (χ1) is 8.01. The molecule has 0 fully saturated rings. The molecule has 0 atom stereocenters. The van der Waals surface area contributed by atoms with Gasteiger partial charge in [0.15, 0.2) is 0 Å². The summed E-state index contributed by atoms with van der Waals surface area (Å²) < 4.78 is 35.2. The van der Waals surface area contributed by atoms with Gasteiger partial charge in [-0.1, -0.05) is 0 Å². The minimum Gasteiger partial charge on any atom is -0.496 e. The maximum Gasteiger partial charge on any atom is 0.308 e. The van der Waals surface area contributed by atoms with E-state index in [9.17, 15) is 13.6 Å². The number of hydrogen-bond acceptors (Lipinski definition) is 4. The average molecular weight is 247 g/mol. The Hall–Kier alpha value is -1.92. The Morgan fingerprint density at radius 2 is 2.12 bits per heavy atom. The number of rotatable bonds is 5. The molecule has 0 radical (unpaired) electrons. The van der Waals surface area contributed by atoms with Crippen molar-refractivity contribution in [3.8, 4) is 11.6 Å². The van der Waals surface area contributed by atoms with Gasteiger partial charge in [-0.3, -0.25) is 4.79 Å². The molecular weight excluding hydrogens is 236 g/mol. The van der Waals surface area contributed by atoms with Crippen molar-refractivity contribution in [1.29, 1.82) is 0 Å². The number of carboxylic acid groups (broad SMARTS) is 1. The summed E-state index contributed by atoms with van der Waals surface area (Å²) in [6.45, 7) is 0. The largest absolute Gasteiger partial charge is 0.496 e. The lowest BCUT2D eigenvalue weighted by Crippen LogP contribution is -2.07. The molecule has 0 spiro atoms. The first kappa shape index (κ1) is 13.1. The van der Waals surface area contributed by atoms with Crippen LogP contribution in [0.25, 0.3) is 0 Å². The first-order valence-electron chi connectivity index (χ1n) is 4.61. The minimum absolute atomic E-state index is 0.0797. The summed E-state index contributed by atoms with van der Waals surface area (Å²) >= 11 is 0. The zero-order valence-corrected chi connectivity index (χ0v) is 9.24. The van der Waals surface area contributed by atoms with E-state index in [1.54, 1.807) is 0 Å². The van der Waals surface area contributed by atoms with Crippen molar-refractivity contribution < 1.29 is 28.2 Å². The molecule has 0 unspecified atom stereocenters. The van der Waals surface area contributed by atoms with Gasteiger partial charge in [-0.25, -0.2) is 13.8 Å². The number of halogens is 2. The smallest absolute Gasteiger partial charge is 0.308 e. The van der Waals surface area contributed by atoms with Crippen LogP contribution < -0.4 is 9.47 Å². The molecular formula is C10H11F2NO4. The maximum absolute atomic E-state index is 12.8. The molecule has 0 saturated carbocycles. The third kappa shape index (κ3) is 2.80. The van der Waals surface area contributed by atoms with E-state index >= 15 is 0 Å². The minimum atomic E-state index is -2.86. The van der Waals surface area contributed by atoms with Gasteiger partial charge in [-0.05, 0) is 0 Å². The molecule has 0 amide bonds. The van der Waals surface area contributed by atoms with Gasteiger partial charge in [-0.15, -0.1) is 0 Å². The summed E-state index contributed by atoms with van der Waals surface area (Å²) in [7, 11) is 2.39. The highest BCUT2D eigenvalue weighted by Gasteiger charge is 2.24. The highest BCUT2D eigenvalue weighted by molar-refractivity contribution is 5.71. The SMILES string of the molecule is COc1ncc(CC(=O)O)c(OC)c1C(F)F. The summed E-state index contributed by atoms with van der Waals surface area (Å²) in [5.41, 5.74) is -0.454. The highest BCUT2D eigenvalue weighted by Crippen LogP contribution is 2.37. The fraction of sp³-hybridized carbons (Fsp3) is 0.400. The molecule has 0 aromatic carbocycles. The summed E-state index contributed by atoms with van der Waals surface area (Å²) in [6.07, 6.45) is -2.15. The molecule has 1 rings (SSSR count). The Morgan fingerprint density at radius 1 is 1.47 bits per heavy atom. The van der Waals surface area contributed by atoms with Gasteiger partial charge in [0.25, 0.3) is 6.43 Å². The fourth-order valence-corrected chi connectivity index (χ4v) is 1.42. The Bertz CT molecular complexity index is 423. The van der Waals surface area contributed by atoms with E-state index < -0.39 is 24.4 Å². The average Bonchev–Trinajstić information content (AvgIpc) is 2.27. The van der Waals surface area contributed by atoms with Crippen molar-refractivity contribution in [2.75, 3.05) is 14.2 Å². The molecule has 0 aliphatic heterocycles. The molecule has 1 N–H and O–H groups in total. The Kier molecular flexibility index (Phi) is 4.19. The predicted molar refractivity (Wildman–Crippen MR) is 53.6 cm³/mol. The van der Waals surface area contributed by atoms with Crippen LogP contribution in [0.3, 0.4) is 0 Å². The lowest BCUT2D eigenvalue weighted by atomic mass is 10.1. The van der Waals surface area contributed by atoms with E-state index in [4.69, 9.17) is 14.6 Å². The summed E-state index contributed by atoms with van der Waals surface area (Å²) in [6, 6.07) is 0. The number of aliphatic carboxylic acids is 1. The lowest BCUT2D eigenvalue weighted by molar-refractivity contribution is -0.136. The van der Waals surface area contributed by atoms with Crippen LogP contribution in [0.2, 0.25) is 0 Å². The number of nitrogens with zero attached hydrogens (tertiary/aromatic N) is 1. The van der Waals surface area contributed by atoms with Crippen molar-refractivity contribution in [3.05, 3.63) is 17.3 Å². The zero-order chi connectivity index (χ0) is 13.0. The molecule has 94 valence electrons. The van der Waals surface area contributed by atoms with Crippen LogP contribution in [0, 0.1) is 0 Å². The van der Waals surface area contributed by atoms with Crippen molar-refractivity contribution in [2.24, 2.45) is 0 Å². The van der Waals surface area contributed by atoms with E-state index in [-0.39, 0.29) is 17.2 Å². The molecule has 0 aliphatic rings. The normalized spacial score (nSPS) is 10.4. The quantitative estimate of drug-likeness (QED) is 0.857. The fourth-order valence-electron chi connectivity index (χ4n) is 1.42. The van der Waals surface area contributed by atoms with Gasteiger partial charge < -0.3 is 14.6 Å². The molecule has 5 nitrogen and oxygen atoms in total. The molecule has 1 aromatic heterocycles. The van der Waals surface area contributed by atoms with Crippen molar-refractivity contribution >= 4 is 5.97 Å². The number of aromatic nitrogens is 1. The van der Waals surface area contributed by atoms with Crippen LogP contribution >= 0.6 is 0 Å². The van der Waals surface area contributed by atoms with Gasteiger partial charge in [-0.2, -0.15) is 0 Å². The van der Waals surface area contributed by atoms with E-state index in [1.807, 2.05) is 0 Å². The number of ether oxygens (including phenoxy) is 2. The predicted octanol–water partition coefficient (Wildman–Crippen LogP) is 1.66. The van der Waals surface area contributed by atoms with Gasteiger partial charge in [0.1, 0.15) is 11.3 Å². The summed E-state index contributed by atoms with van der Waals surface area (Å²) in [4.78, 5) is 14.2. The lowest BCUT2D eigenvalue weighted by Gasteiger charge is -2.14. The van der Waals surface area contributed by atoms with Crippen molar-refractivity contribution in [1.82, 2.24) is 4.98 Å². The van der Waals surface area contributed by atoms with Crippen LogP contribution in [-0.2, 0) is 11.2 Å².